The quantitative estimate of drug-likeness (QED) is 0.826. The molecule has 1 amide bonds. The second-order valence-corrected chi connectivity index (χ2v) is 4.21. The van der Waals surface area contributed by atoms with Gasteiger partial charge in [0.15, 0.2) is 0 Å². The Morgan fingerprint density at radius 3 is 2.83 bits per heavy atom. The van der Waals surface area contributed by atoms with Gasteiger partial charge in [-0.05, 0) is 11.4 Å². The van der Waals surface area contributed by atoms with Crippen LogP contribution in [0, 0.1) is 11.8 Å². The smallest absolute Gasteiger partial charge is 0.351 e. The number of carbonyl (C=O) groups is 1. The summed E-state index contributed by atoms with van der Waals surface area (Å²) >= 11 is 1.13. The van der Waals surface area contributed by atoms with Crippen LogP contribution in [0.2, 0.25) is 0 Å². The highest BCUT2D eigenvalue weighted by Gasteiger charge is 2.26. The van der Waals surface area contributed by atoms with Crippen LogP contribution < -0.4 is 11.1 Å². The Bertz CT molecular complexity index is 471. The summed E-state index contributed by atoms with van der Waals surface area (Å²) in [4.78, 5) is 11.9. The first-order chi connectivity index (χ1) is 8.44. The number of nitrogens with two attached hydrogens (primary N) is 1. The Morgan fingerprint density at radius 1 is 1.50 bits per heavy atom. The molecule has 7 heteroatoms. The first kappa shape index (κ1) is 14.5. The molecule has 0 saturated carbocycles. The Labute approximate surface area is 106 Å². The van der Waals surface area contributed by atoms with Gasteiger partial charge in [-0.15, -0.1) is 11.3 Å². The zero-order valence-corrected chi connectivity index (χ0v) is 10.1. The molecule has 0 aliphatic carbocycles. The van der Waals surface area contributed by atoms with Crippen molar-refractivity contribution >= 4 is 17.2 Å². The fraction of sp³-hybridized carbons (Fsp3) is 0.364. The van der Waals surface area contributed by atoms with Crippen LogP contribution in [0.5, 0.6) is 0 Å². The van der Waals surface area contributed by atoms with E-state index in [1.54, 1.807) is 11.4 Å². The Balaban J connectivity index is 2.59. The van der Waals surface area contributed by atoms with Crippen LogP contribution in [0.25, 0.3) is 0 Å². The molecular weight excluding hydrogens is 265 g/mol. The van der Waals surface area contributed by atoms with E-state index in [4.69, 9.17) is 5.73 Å². The van der Waals surface area contributed by atoms with Crippen LogP contribution in [-0.2, 0) is 0 Å². The van der Waals surface area contributed by atoms with E-state index in [9.17, 15) is 18.0 Å². The molecule has 1 heterocycles. The lowest BCUT2D eigenvalue weighted by molar-refractivity contribution is -0.132. The lowest BCUT2D eigenvalue weighted by Gasteiger charge is -2.07. The minimum absolute atomic E-state index is 0.158. The van der Waals surface area contributed by atoms with Crippen LogP contribution in [0.15, 0.2) is 11.4 Å². The number of rotatable bonds is 3. The van der Waals surface area contributed by atoms with Crippen molar-refractivity contribution < 1.29 is 18.0 Å². The van der Waals surface area contributed by atoms with Crippen LogP contribution in [0.1, 0.15) is 21.7 Å². The molecule has 0 fully saturated rings. The molecule has 3 nitrogen and oxygen atoms in total. The van der Waals surface area contributed by atoms with Crippen LogP contribution >= 0.6 is 11.3 Å². The fourth-order valence-corrected chi connectivity index (χ4v) is 1.89. The lowest BCUT2D eigenvalue weighted by atomic mass is 10.2. The van der Waals surface area contributed by atoms with Crippen molar-refractivity contribution in [1.82, 2.24) is 5.32 Å². The maximum Gasteiger partial charge on any atom is 0.390 e. The third-order valence-corrected chi connectivity index (χ3v) is 2.80. The molecule has 18 heavy (non-hydrogen) atoms. The number of halogens is 3. The van der Waals surface area contributed by atoms with Gasteiger partial charge in [-0.1, -0.05) is 11.8 Å². The Kier molecular flexibility index (Phi) is 5.19. The van der Waals surface area contributed by atoms with E-state index < -0.39 is 25.0 Å². The molecule has 3 N–H and O–H groups in total. The molecule has 98 valence electrons. The van der Waals surface area contributed by atoms with E-state index >= 15 is 0 Å². The van der Waals surface area contributed by atoms with E-state index in [0.29, 0.717) is 10.4 Å². The first-order valence-electron chi connectivity index (χ1n) is 5.05. The van der Waals surface area contributed by atoms with Crippen LogP contribution in [0.4, 0.5) is 13.2 Å². The summed E-state index contributed by atoms with van der Waals surface area (Å²) in [5.41, 5.74) is 5.69. The first-order valence-corrected chi connectivity index (χ1v) is 5.93. The number of amides is 1. The SMILES string of the molecule is NCC#Cc1ccsc1C(=O)NCCC(F)(F)F. The normalized spacial score (nSPS) is 10.7. The molecule has 0 unspecified atom stereocenters. The van der Waals surface area contributed by atoms with Gasteiger partial charge in [-0.2, -0.15) is 13.2 Å². The molecule has 0 atom stereocenters. The van der Waals surface area contributed by atoms with Crippen molar-refractivity contribution in [1.29, 1.82) is 0 Å². The molecule has 0 spiro atoms. The van der Waals surface area contributed by atoms with Gasteiger partial charge >= 0.3 is 6.18 Å². The minimum atomic E-state index is -4.27. The van der Waals surface area contributed by atoms with Crippen molar-refractivity contribution in [2.45, 2.75) is 12.6 Å². The predicted molar refractivity (Wildman–Crippen MR) is 63.3 cm³/mol. The highest BCUT2D eigenvalue weighted by atomic mass is 32.1. The molecule has 0 bridgehead atoms. The van der Waals surface area contributed by atoms with E-state index in [-0.39, 0.29) is 6.54 Å². The zero-order valence-electron chi connectivity index (χ0n) is 9.30. The molecule has 0 saturated heterocycles. The highest BCUT2D eigenvalue weighted by Crippen LogP contribution is 2.19. The van der Waals surface area contributed by atoms with Gasteiger partial charge in [0.2, 0.25) is 0 Å². The van der Waals surface area contributed by atoms with Gasteiger partial charge in [0.1, 0.15) is 4.88 Å². The molecular formula is C11H11F3N2OS. The highest BCUT2D eigenvalue weighted by molar-refractivity contribution is 7.12. The topological polar surface area (TPSA) is 55.1 Å². The van der Waals surface area contributed by atoms with Gasteiger partial charge in [0, 0.05) is 12.1 Å². The second kappa shape index (κ2) is 6.42. The number of thiophene rings is 1. The van der Waals surface area contributed by atoms with Gasteiger partial charge in [0.05, 0.1) is 13.0 Å². The summed E-state index contributed by atoms with van der Waals surface area (Å²) < 4.78 is 35.7. The van der Waals surface area contributed by atoms with E-state index in [1.807, 2.05) is 0 Å². The minimum Gasteiger partial charge on any atom is -0.351 e. The summed E-state index contributed by atoms with van der Waals surface area (Å²) in [5, 5.41) is 3.86. The average molecular weight is 276 g/mol. The number of nitrogens with one attached hydrogen (secondary N) is 1. The Morgan fingerprint density at radius 2 is 2.22 bits per heavy atom. The third kappa shape index (κ3) is 4.77. The van der Waals surface area contributed by atoms with Gasteiger partial charge in [0.25, 0.3) is 5.91 Å². The van der Waals surface area contributed by atoms with Crippen molar-refractivity contribution in [3.05, 3.63) is 21.9 Å². The number of hydrogen-bond acceptors (Lipinski definition) is 3. The largest absolute Gasteiger partial charge is 0.390 e. The van der Waals surface area contributed by atoms with Gasteiger partial charge in [-0.3, -0.25) is 4.79 Å². The summed E-state index contributed by atoms with van der Waals surface area (Å²) in [5.74, 6) is 4.74. The maximum atomic E-state index is 11.9. The number of alkyl halides is 3. The molecule has 0 aliphatic heterocycles. The van der Waals surface area contributed by atoms with Crippen molar-refractivity contribution in [2.24, 2.45) is 5.73 Å². The fourth-order valence-electron chi connectivity index (χ4n) is 1.13. The summed E-state index contributed by atoms with van der Waals surface area (Å²) in [6, 6.07) is 1.63. The van der Waals surface area contributed by atoms with Gasteiger partial charge in [-0.25, -0.2) is 0 Å². The van der Waals surface area contributed by atoms with Crippen molar-refractivity contribution in [3.8, 4) is 11.8 Å². The van der Waals surface area contributed by atoms with E-state index in [1.165, 1.54) is 0 Å². The number of hydrogen-bond donors (Lipinski definition) is 2. The van der Waals surface area contributed by atoms with E-state index in [2.05, 4.69) is 17.2 Å². The number of carbonyl (C=O) groups excluding carboxylic acids is 1. The Hall–Kier alpha value is -1.52. The third-order valence-electron chi connectivity index (χ3n) is 1.89. The monoisotopic (exact) mass is 276 g/mol. The van der Waals surface area contributed by atoms with Gasteiger partial charge < -0.3 is 11.1 Å². The van der Waals surface area contributed by atoms with Crippen LogP contribution in [0.3, 0.4) is 0 Å². The molecule has 0 radical (unpaired) electrons. The molecule has 0 aromatic carbocycles. The summed E-state index contributed by atoms with van der Waals surface area (Å²) in [6.45, 7) is -0.283. The molecule has 0 aliphatic rings. The molecule has 1 rings (SSSR count). The molecule has 1 aromatic heterocycles. The average Bonchev–Trinajstić information content (AvgIpc) is 2.72. The summed E-state index contributed by atoms with van der Waals surface area (Å²) in [6.07, 6.45) is -5.32. The lowest BCUT2D eigenvalue weighted by Crippen LogP contribution is -2.27. The standard InChI is InChI=1S/C11H11F3N2OS/c12-11(13,14)4-6-16-10(17)9-8(2-1-5-15)3-7-18-9/h3,7H,4-6,15H2,(H,16,17). The second-order valence-electron chi connectivity index (χ2n) is 3.29. The summed E-state index contributed by atoms with van der Waals surface area (Å²) in [7, 11) is 0. The zero-order chi connectivity index (χ0) is 13.6. The van der Waals surface area contributed by atoms with Crippen molar-refractivity contribution in [2.75, 3.05) is 13.1 Å². The maximum absolute atomic E-state index is 11.9. The molecule has 1 aromatic rings. The predicted octanol–water partition coefficient (Wildman–Crippen LogP) is 1.74. The van der Waals surface area contributed by atoms with Crippen LogP contribution in [-0.4, -0.2) is 25.2 Å². The van der Waals surface area contributed by atoms with Crippen molar-refractivity contribution in [3.63, 3.8) is 0 Å². The van der Waals surface area contributed by atoms with E-state index in [0.717, 1.165) is 11.3 Å².